The number of aliphatic hydroxyl groups excluding tert-OH is 1. The lowest BCUT2D eigenvalue weighted by Crippen LogP contribution is -1.99. The molecule has 156 valence electrons. The molecule has 3 rings (SSSR count). The average molecular weight is 434 g/mol. The highest BCUT2D eigenvalue weighted by atomic mass is 32.2. The molecule has 7 heteroatoms. The van der Waals surface area contributed by atoms with Crippen LogP contribution in [0.1, 0.15) is 23.1 Å². The van der Waals surface area contributed by atoms with E-state index in [1.165, 1.54) is 30.0 Å². The van der Waals surface area contributed by atoms with Crippen molar-refractivity contribution in [2.45, 2.75) is 17.1 Å². The predicted octanol–water partition coefficient (Wildman–Crippen LogP) is 6.99. The summed E-state index contributed by atoms with van der Waals surface area (Å²) in [6, 6.07) is 15.0. The quantitative estimate of drug-likeness (QED) is 0.306. The molecule has 0 aromatic heterocycles. The Morgan fingerprint density at radius 1 is 0.967 bits per heavy atom. The van der Waals surface area contributed by atoms with Gasteiger partial charge in [0.15, 0.2) is 0 Å². The van der Waals surface area contributed by atoms with Gasteiger partial charge in [0.25, 0.3) is 6.43 Å². The summed E-state index contributed by atoms with van der Waals surface area (Å²) in [7, 11) is 0. The standard InChI is InChI=1S/C23H18F4O2S/c24-16-11-17(25)13-18(12-16)29-20-8-9-21(30-14-15-5-2-1-3-6-15)19(7-4-10-28)22(20)23(26)27/h1-9,11-13,23,28H,10,14H2. The molecule has 3 aromatic rings. The molecule has 0 aliphatic heterocycles. The highest BCUT2D eigenvalue weighted by Gasteiger charge is 2.22. The Morgan fingerprint density at radius 2 is 1.67 bits per heavy atom. The molecule has 0 heterocycles. The molecule has 1 N–H and O–H groups in total. The van der Waals surface area contributed by atoms with Crippen LogP contribution in [-0.2, 0) is 5.75 Å². The van der Waals surface area contributed by atoms with Gasteiger partial charge in [-0.25, -0.2) is 17.6 Å². The molecule has 0 saturated heterocycles. The number of benzene rings is 3. The van der Waals surface area contributed by atoms with E-state index in [2.05, 4.69) is 0 Å². The van der Waals surface area contributed by atoms with Crippen LogP contribution >= 0.6 is 11.8 Å². The van der Waals surface area contributed by atoms with Gasteiger partial charge < -0.3 is 9.84 Å². The highest BCUT2D eigenvalue weighted by Crippen LogP contribution is 2.41. The van der Waals surface area contributed by atoms with E-state index in [0.717, 1.165) is 17.7 Å². The fourth-order valence-corrected chi connectivity index (χ4v) is 3.84. The van der Waals surface area contributed by atoms with Crippen LogP contribution in [-0.4, -0.2) is 11.7 Å². The summed E-state index contributed by atoms with van der Waals surface area (Å²) in [6.07, 6.45) is -0.165. The third-order valence-corrected chi connectivity index (χ3v) is 5.26. The molecule has 2 nitrogen and oxygen atoms in total. The van der Waals surface area contributed by atoms with Gasteiger partial charge >= 0.3 is 0 Å². The molecule has 0 amide bonds. The van der Waals surface area contributed by atoms with Crippen molar-refractivity contribution < 1.29 is 27.4 Å². The van der Waals surface area contributed by atoms with Gasteiger partial charge in [-0.05, 0) is 17.7 Å². The smallest absolute Gasteiger partial charge is 0.268 e. The van der Waals surface area contributed by atoms with Crippen molar-refractivity contribution in [2.75, 3.05) is 6.61 Å². The van der Waals surface area contributed by atoms with E-state index in [9.17, 15) is 17.6 Å². The van der Waals surface area contributed by atoms with E-state index < -0.39 is 23.6 Å². The summed E-state index contributed by atoms with van der Waals surface area (Å²) in [5.41, 5.74) is 0.797. The largest absolute Gasteiger partial charge is 0.457 e. The molecular weight excluding hydrogens is 416 g/mol. The number of hydrogen-bond acceptors (Lipinski definition) is 3. The van der Waals surface area contributed by atoms with E-state index in [0.29, 0.717) is 16.7 Å². The van der Waals surface area contributed by atoms with Gasteiger partial charge in [0.1, 0.15) is 23.1 Å². The molecule has 3 aromatic carbocycles. The molecule has 0 aliphatic carbocycles. The summed E-state index contributed by atoms with van der Waals surface area (Å²) in [5, 5.41) is 9.13. The highest BCUT2D eigenvalue weighted by molar-refractivity contribution is 7.98. The fourth-order valence-electron chi connectivity index (χ4n) is 2.83. The van der Waals surface area contributed by atoms with Gasteiger partial charge in [0, 0.05) is 34.4 Å². The second-order valence-electron chi connectivity index (χ2n) is 6.26. The minimum atomic E-state index is -2.91. The lowest BCUT2D eigenvalue weighted by molar-refractivity contribution is 0.147. The monoisotopic (exact) mass is 434 g/mol. The number of hydrogen-bond donors (Lipinski definition) is 1. The zero-order chi connectivity index (χ0) is 21.5. The normalized spacial score (nSPS) is 11.4. The SMILES string of the molecule is OCC=Cc1c(SCc2ccccc2)ccc(Oc2cc(F)cc(F)c2)c1C(F)F. The van der Waals surface area contributed by atoms with Crippen LogP contribution in [0, 0.1) is 11.6 Å². The number of alkyl halides is 2. The first-order valence-corrected chi connectivity index (χ1v) is 9.99. The topological polar surface area (TPSA) is 29.5 Å². The number of ether oxygens (including phenoxy) is 1. The van der Waals surface area contributed by atoms with Crippen molar-refractivity contribution in [2.24, 2.45) is 0 Å². The van der Waals surface area contributed by atoms with Crippen LogP contribution < -0.4 is 4.74 Å². The third kappa shape index (κ3) is 5.64. The molecule has 0 bridgehead atoms. The molecule has 30 heavy (non-hydrogen) atoms. The van der Waals surface area contributed by atoms with Crippen molar-refractivity contribution in [1.29, 1.82) is 0 Å². The van der Waals surface area contributed by atoms with Crippen molar-refractivity contribution in [3.05, 3.63) is 95.1 Å². The Balaban J connectivity index is 2.00. The minimum absolute atomic E-state index is 0.189. The first-order valence-electron chi connectivity index (χ1n) is 9.01. The second-order valence-corrected chi connectivity index (χ2v) is 7.27. The van der Waals surface area contributed by atoms with Gasteiger partial charge in [-0.15, -0.1) is 11.8 Å². The second kappa shape index (κ2) is 10.3. The molecule has 0 spiro atoms. The molecule has 0 radical (unpaired) electrons. The fraction of sp³-hybridized carbons (Fsp3) is 0.130. The first kappa shape index (κ1) is 21.9. The Morgan fingerprint density at radius 3 is 2.30 bits per heavy atom. The van der Waals surface area contributed by atoms with Crippen molar-refractivity contribution in [3.8, 4) is 11.5 Å². The number of halogens is 4. The van der Waals surface area contributed by atoms with E-state index in [4.69, 9.17) is 9.84 Å². The van der Waals surface area contributed by atoms with Gasteiger partial charge in [-0.2, -0.15) is 0 Å². The van der Waals surface area contributed by atoms with Crippen LogP contribution in [0.3, 0.4) is 0 Å². The van der Waals surface area contributed by atoms with Gasteiger partial charge in [-0.1, -0.05) is 42.5 Å². The minimum Gasteiger partial charge on any atom is -0.457 e. The van der Waals surface area contributed by atoms with Gasteiger partial charge in [-0.3, -0.25) is 0 Å². The Kier molecular flexibility index (Phi) is 7.54. The lowest BCUT2D eigenvalue weighted by atomic mass is 10.1. The lowest BCUT2D eigenvalue weighted by Gasteiger charge is -2.17. The number of aliphatic hydroxyl groups is 1. The summed E-state index contributed by atoms with van der Waals surface area (Å²) in [4.78, 5) is 0.566. The van der Waals surface area contributed by atoms with Crippen LogP contribution in [0.5, 0.6) is 11.5 Å². The zero-order valence-corrected chi connectivity index (χ0v) is 16.5. The van der Waals surface area contributed by atoms with Gasteiger partial charge in [0.05, 0.1) is 12.2 Å². The maximum Gasteiger partial charge on any atom is 0.268 e. The van der Waals surface area contributed by atoms with Crippen molar-refractivity contribution in [3.63, 3.8) is 0 Å². The molecule has 0 atom stereocenters. The van der Waals surface area contributed by atoms with E-state index >= 15 is 0 Å². The van der Waals surface area contributed by atoms with E-state index in [-0.39, 0.29) is 23.7 Å². The van der Waals surface area contributed by atoms with Crippen molar-refractivity contribution >= 4 is 17.8 Å². The van der Waals surface area contributed by atoms with Crippen LogP contribution in [0.25, 0.3) is 6.08 Å². The van der Waals surface area contributed by atoms with E-state index in [1.54, 1.807) is 6.07 Å². The van der Waals surface area contributed by atoms with E-state index in [1.807, 2.05) is 30.3 Å². The first-order chi connectivity index (χ1) is 14.5. The summed E-state index contributed by atoms with van der Waals surface area (Å²) < 4.78 is 60.3. The molecule has 0 aliphatic rings. The summed E-state index contributed by atoms with van der Waals surface area (Å²) >= 11 is 1.36. The van der Waals surface area contributed by atoms with Gasteiger partial charge in [0.2, 0.25) is 0 Å². The maximum absolute atomic E-state index is 14.0. The molecular formula is C23H18F4O2S. The Labute approximate surface area is 175 Å². The molecule has 0 fully saturated rings. The average Bonchev–Trinajstić information content (AvgIpc) is 2.71. The maximum atomic E-state index is 14.0. The zero-order valence-electron chi connectivity index (χ0n) is 15.7. The van der Waals surface area contributed by atoms with Crippen LogP contribution in [0.2, 0.25) is 0 Å². The summed E-state index contributed by atoms with van der Waals surface area (Å²) in [5.74, 6) is -1.63. The molecule has 0 unspecified atom stereocenters. The third-order valence-electron chi connectivity index (χ3n) is 4.12. The molecule has 0 saturated carbocycles. The number of rotatable bonds is 8. The predicted molar refractivity (Wildman–Crippen MR) is 110 cm³/mol. The Hall–Kier alpha value is -2.77. The Bertz CT molecular complexity index is 1000. The van der Waals surface area contributed by atoms with Crippen molar-refractivity contribution in [1.82, 2.24) is 0 Å². The van der Waals surface area contributed by atoms with Crippen LogP contribution in [0.4, 0.5) is 17.6 Å². The van der Waals surface area contributed by atoms with Crippen LogP contribution in [0.15, 0.2) is 71.6 Å². The number of thioether (sulfide) groups is 1. The summed E-state index contributed by atoms with van der Waals surface area (Å²) in [6.45, 7) is -0.328.